The van der Waals surface area contributed by atoms with Crippen molar-refractivity contribution in [3.05, 3.63) is 64.1 Å². The van der Waals surface area contributed by atoms with Gasteiger partial charge in [-0.2, -0.15) is 5.10 Å². The van der Waals surface area contributed by atoms with E-state index in [0.29, 0.717) is 22.3 Å². The number of amides is 1. The van der Waals surface area contributed by atoms with Gasteiger partial charge in [0, 0.05) is 19.0 Å². The highest BCUT2D eigenvalue weighted by Crippen LogP contribution is 2.27. The molecule has 0 atom stereocenters. The number of methoxy groups -OCH3 is 2. The summed E-state index contributed by atoms with van der Waals surface area (Å²) in [5.74, 6) is -0.0507. The second-order valence-corrected chi connectivity index (χ2v) is 6.46. The third-order valence-electron chi connectivity index (χ3n) is 4.51. The van der Waals surface area contributed by atoms with Crippen molar-refractivity contribution < 1.29 is 23.8 Å². The molecule has 0 aliphatic carbocycles. The van der Waals surface area contributed by atoms with Crippen LogP contribution in [-0.2, 0) is 16.1 Å². The fraction of sp³-hybridized carbons (Fsp3) is 0.238. The monoisotopic (exact) mass is 411 g/mol. The summed E-state index contributed by atoms with van der Waals surface area (Å²) in [4.78, 5) is 38.0. The smallest absolute Gasteiger partial charge is 0.359 e. The highest BCUT2D eigenvalue weighted by atomic mass is 16.5. The lowest BCUT2D eigenvalue weighted by molar-refractivity contribution is -0.133. The Kier molecular flexibility index (Phi) is 6.31. The maximum atomic E-state index is 12.4. The average Bonchev–Trinajstić information content (AvgIpc) is 2.77. The van der Waals surface area contributed by atoms with E-state index in [-0.39, 0.29) is 12.2 Å². The van der Waals surface area contributed by atoms with E-state index in [4.69, 9.17) is 14.2 Å². The molecule has 1 aromatic heterocycles. The van der Waals surface area contributed by atoms with Crippen LogP contribution in [0.15, 0.2) is 47.3 Å². The molecule has 1 N–H and O–H groups in total. The van der Waals surface area contributed by atoms with Gasteiger partial charge in [-0.3, -0.25) is 9.59 Å². The van der Waals surface area contributed by atoms with E-state index in [9.17, 15) is 14.4 Å². The number of carbonyl (C=O) groups excluding carboxylic acids is 2. The molecule has 0 saturated heterocycles. The highest BCUT2D eigenvalue weighted by molar-refractivity contribution is 6.02. The molecule has 0 spiro atoms. The summed E-state index contributed by atoms with van der Waals surface area (Å²) in [6, 6.07) is 11.9. The molecule has 1 heterocycles. The molecule has 0 unspecified atom stereocenters. The number of aromatic nitrogens is 2. The number of esters is 1. The number of nitrogens with zero attached hydrogens (tertiary/aromatic N) is 2. The maximum Gasteiger partial charge on any atom is 0.359 e. The minimum Gasteiger partial charge on any atom is -0.493 e. The van der Waals surface area contributed by atoms with Crippen LogP contribution in [0.3, 0.4) is 0 Å². The molecule has 3 aromatic rings. The van der Waals surface area contributed by atoms with Crippen molar-refractivity contribution in [3.8, 4) is 11.5 Å². The maximum absolute atomic E-state index is 12.4. The van der Waals surface area contributed by atoms with Gasteiger partial charge < -0.3 is 19.1 Å². The number of fused-ring (bicyclic) bond motifs is 1. The van der Waals surface area contributed by atoms with Crippen LogP contribution in [-0.4, -0.2) is 54.8 Å². The first-order valence-corrected chi connectivity index (χ1v) is 9.04. The number of H-pyrrole nitrogens is 1. The molecule has 0 aliphatic heterocycles. The van der Waals surface area contributed by atoms with E-state index in [1.54, 1.807) is 50.6 Å². The van der Waals surface area contributed by atoms with E-state index in [1.165, 1.54) is 12.0 Å². The van der Waals surface area contributed by atoms with Crippen LogP contribution in [0.5, 0.6) is 11.5 Å². The van der Waals surface area contributed by atoms with Crippen molar-refractivity contribution in [3.63, 3.8) is 0 Å². The van der Waals surface area contributed by atoms with Crippen LogP contribution in [0, 0.1) is 0 Å². The Morgan fingerprint density at radius 3 is 2.43 bits per heavy atom. The molecule has 156 valence electrons. The number of nitrogens with one attached hydrogen (secondary N) is 1. The number of benzene rings is 2. The number of hydrogen-bond acceptors (Lipinski definition) is 7. The van der Waals surface area contributed by atoms with E-state index < -0.39 is 24.0 Å². The topological polar surface area (TPSA) is 111 Å². The summed E-state index contributed by atoms with van der Waals surface area (Å²) >= 11 is 0. The van der Waals surface area contributed by atoms with Gasteiger partial charge in [-0.1, -0.05) is 24.3 Å². The van der Waals surface area contributed by atoms with Gasteiger partial charge in [0.25, 0.3) is 11.5 Å². The summed E-state index contributed by atoms with van der Waals surface area (Å²) in [7, 11) is 4.67. The number of hydrogen-bond donors (Lipinski definition) is 1. The summed E-state index contributed by atoms with van der Waals surface area (Å²) < 4.78 is 15.6. The second-order valence-electron chi connectivity index (χ2n) is 6.46. The van der Waals surface area contributed by atoms with Gasteiger partial charge in [0.15, 0.2) is 23.8 Å². The van der Waals surface area contributed by atoms with Crippen LogP contribution in [0.25, 0.3) is 10.8 Å². The number of carbonyl (C=O) groups is 2. The van der Waals surface area contributed by atoms with Crippen LogP contribution in [0.1, 0.15) is 16.1 Å². The first-order chi connectivity index (χ1) is 14.4. The Bertz CT molecular complexity index is 1140. The molecule has 0 saturated carbocycles. The first kappa shape index (κ1) is 20.8. The second kappa shape index (κ2) is 9.08. The molecular formula is C21H21N3O6. The number of rotatable bonds is 7. The summed E-state index contributed by atoms with van der Waals surface area (Å²) in [5, 5.41) is 6.71. The van der Waals surface area contributed by atoms with Gasteiger partial charge in [-0.25, -0.2) is 9.89 Å². The van der Waals surface area contributed by atoms with Crippen molar-refractivity contribution in [2.45, 2.75) is 6.54 Å². The third kappa shape index (κ3) is 4.40. The summed E-state index contributed by atoms with van der Waals surface area (Å²) in [5.41, 5.74) is 0.358. The number of likely N-dealkylation sites (N-methyl/N-ethyl adjacent to an activating group) is 1. The Labute approximate surface area is 172 Å². The normalized spacial score (nSPS) is 10.5. The van der Waals surface area contributed by atoms with E-state index >= 15 is 0 Å². The third-order valence-corrected chi connectivity index (χ3v) is 4.51. The molecule has 0 aliphatic rings. The van der Waals surface area contributed by atoms with Gasteiger partial charge in [0.2, 0.25) is 0 Å². The largest absolute Gasteiger partial charge is 0.493 e. The minimum absolute atomic E-state index is 0.0551. The van der Waals surface area contributed by atoms with Gasteiger partial charge >= 0.3 is 5.97 Å². The SMILES string of the molecule is COc1ccc(CN(C)C(=O)COC(=O)c2n[nH]c(=O)c3ccccc23)cc1OC. The molecule has 3 rings (SSSR count). The van der Waals surface area contributed by atoms with E-state index in [1.807, 2.05) is 6.07 Å². The van der Waals surface area contributed by atoms with Crippen molar-refractivity contribution in [2.24, 2.45) is 0 Å². The van der Waals surface area contributed by atoms with Crippen molar-refractivity contribution >= 4 is 22.6 Å². The molecule has 2 aromatic carbocycles. The number of ether oxygens (including phenoxy) is 3. The van der Waals surface area contributed by atoms with Crippen LogP contribution in [0.2, 0.25) is 0 Å². The van der Waals surface area contributed by atoms with Crippen LogP contribution >= 0.6 is 0 Å². The number of aromatic amines is 1. The standard InChI is InChI=1S/C21H21N3O6/c1-24(11-13-8-9-16(28-2)17(10-13)29-3)18(25)12-30-21(27)19-14-6-4-5-7-15(14)20(26)23-22-19/h4-10H,11-12H2,1-3H3,(H,23,26). The molecule has 9 nitrogen and oxygen atoms in total. The highest BCUT2D eigenvalue weighted by Gasteiger charge is 2.18. The van der Waals surface area contributed by atoms with Crippen molar-refractivity contribution in [1.82, 2.24) is 15.1 Å². The molecule has 1 amide bonds. The van der Waals surface area contributed by atoms with Crippen molar-refractivity contribution in [2.75, 3.05) is 27.9 Å². The Morgan fingerprint density at radius 2 is 1.73 bits per heavy atom. The average molecular weight is 411 g/mol. The summed E-state index contributed by atoms with van der Waals surface area (Å²) in [6.45, 7) is -0.172. The quantitative estimate of drug-likeness (QED) is 0.590. The molecule has 0 radical (unpaired) electrons. The Balaban J connectivity index is 1.65. The van der Waals surface area contributed by atoms with Gasteiger partial charge in [-0.05, 0) is 23.8 Å². The van der Waals surface area contributed by atoms with E-state index in [2.05, 4.69) is 10.2 Å². The molecular weight excluding hydrogens is 390 g/mol. The fourth-order valence-corrected chi connectivity index (χ4v) is 2.92. The Morgan fingerprint density at radius 1 is 1.03 bits per heavy atom. The zero-order chi connectivity index (χ0) is 21.7. The summed E-state index contributed by atoms with van der Waals surface area (Å²) in [6.07, 6.45) is 0. The fourth-order valence-electron chi connectivity index (χ4n) is 2.92. The van der Waals surface area contributed by atoms with Crippen molar-refractivity contribution in [1.29, 1.82) is 0 Å². The predicted octanol–water partition coefficient (Wildman–Crippen LogP) is 1.76. The lowest BCUT2D eigenvalue weighted by atomic mass is 10.1. The lowest BCUT2D eigenvalue weighted by Crippen LogP contribution is -2.31. The molecule has 0 fully saturated rings. The predicted molar refractivity (Wildman–Crippen MR) is 109 cm³/mol. The van der Waals surface area contributed by atoms with Crippen LogP contribution < -0.4 is 15.0 Å². The minimum atomic E-state index is -0.796. The molecule has 9 heteroatoms. The zero-order valence-electron chi connectivity index (χ0n) is 16.8. The van der Waals surface area contributed by atoms with E-state index in [0.717, 1.165) is 5.56 Å². The van der Waals surface area contributed by atoms with Gasteiger partial charge in [0.1, 0.15) is 0 Å². The van der Waals surface area contributed by atoms with Gasteiger partial charge in [-0.15, -0.1) is 0 Å². The lowest BCUT2D eigenvalue weighted by Gasteiger charge is -2.18. The Hall–Kier alpha value is -3.88. The van der Waals surface area contributed by atoms with Crippen LogP contribution in [0.4, 0.5) is 0 Å². The zero-order valence-corrected chi connectivity index (χ0v) is 16.8. The first-order valence-electron chi connectivity index (χ1n) is 9.04. The van der Waals surface area contributed by atoms with Gasteiger partial charge in [0.05, 0.1) is 19.6 Å². The molecule has 30 heavy (non-hydrogen) atoms. The molecule has 0 bridgehead atoms.